The molecule has 0 aromatic carbocycles. The van der Waals surface area contributed by atoms with Crippen molar-refractivity contribution in [1.29, 1.82) is 0 Å². The van der Waals surface area contributed by atoms with Gasteiger partial charge in [-0.1, -0.05) is 6.92 Å². The smallest absolute Gasteiger partial charge is 0.164 e. The van der Waals surface area contributed by atoms with Crippen LogP contribution in [0.4, 0.5) is 0 Å². The summed E-state index contributed by atoms with van der Waals surface area (Å²) in [5, 5.41) is 2.97. The summed E-state index contributed by atoms with van der Waals surface area (Å²) in [6, 6.07) is 0.278. The van der Waals surface area contributed by atoms with Gasteiger partial charge in [-0.25, -0.2) is 8.42 Å². The molecule has 0 bridgehead atoms. The van der Waals surface area contributed by atoms with Crippen molar-refractivity contribution < 1.29 is 8.42 Å². The minimum atomic E-state index is -2.97. The van der Waals surface area contributed by atoms with Crippen LogP contribution in [0.2, 0.25) is 0 Å². The predicted octanol–water partition coefficient (Wildman–Crippen LogP) is 0.404. The molecule has 2 unspecified atom stereocenters. The zero-order chi connectivity index (χ0) is 12.2. The molecule has 96 valence electrons. The number of thioether (sulfide) groups is 1. The summed E-state index contributed by atoms with van der Waals surface area (Å²) in [5.74, 6) is 1.73. The zero-order valence-corrected chi connectivity index (χ0v) is 11.9. The second-order valence-electron chi connectivity index (χ2n) is 4.25. The number of nitrogens with zero attached hydrogens (tertiary/aromatic N) is 1. The van der Waals surface area contributed by atoms with E-state index in [1.807, 2.05) is 0 Å². The number of nitrogens with one attached hydrogen (secondary N) is 1. The lowest BCUT2D eigenvalue weighted by molar-refractivity contribution is 0.201. The third-order valence-corrected chi connectivity index (χ3v) is 5.53. The Kier molecular flexibility index (Phi) is 5.56. The number of hydrogen-bond donors (Lipinski definition) is 1. The molecule has 1 fully saturated rings. The maximum atomic E-state index is 11.7. The molecular formula is C10H22N2O2S2. The Hall–Kier alpha value is 0.220. The molecule has 0 amide bonds. The fraction of sp³-hybridized carbons (Fsp3) is 1.00. The molecule has 0 aromatic rings. The summed E-state index contributed by atoms with van der Waals surface area (Å²) in [4.78, 5) is 2.12. The van der Waals surface area contributed by atoms with E-state index in [9.17, 15) is 8.42 Å². The first-order chi connectivity index (χ1) is 7.46. The SMILES string of the molecule is CCNCC(C)N1CCSCC1S(C)(=O)=O. The summed E-state index contributed by atoms with van der Waals surface area (Å²) in [7, 11) is -2.97. The van der Waals surface area contributed by atoms with Gasteiger partial charge in [-0.15, -0.1) is 0 Å². The van der Waals surface area contributed by atoms with E-state index in [2.05, 4.69) is 24.1 Å². The first-order valence-corrected chi connectivity index (χ1v) is 8.80. The fourth-order valence-corrected chi connectivity index (χ4v) is 4.92. The Labute approximate surface area is 103 Å². The normalized spacial score (nSPS) is 25.6. The van der Waals surface area contributed by atoms with E-state index in [1.165, 1.54) is 6.26 Å². The van der Waals surface area contributed by atoms with Crippen molar-refractivity contribution in [2.24, 2.45) is 0 Å². The van der Waals surface area contributed by atoms with Crippen LogP contribution in [0.15, 0.2) is 0 Å². The van der Waals surface area contributed by atoms with Crippen molar-refractivity contribution in [1.82, 2.24) is 10.2 Å². The highest BCUT2D eigenvalue weighted by atomic mass is 32.2. The summed E-state index contributed by atoms with van der Waals surface area (Å²) in [6.07, 6.45) is 1.34. The molecule has 1 N–H and O–H groups in total. The van der Waals surface area contributed by atoms with Gasteiger partial charge in [-0.2, -0.15) is 11.8 Å². The topological polar surface area (TPSA) is 49.4 Å². The van der Waals surface area contributed by atoms with Crippen molar-refractivity contribution in [2.75, 3.05) is 37.4 Å². The summed E-state index contributed by atoms with van der Waals surface area (Å²) in [6.45, 7) is 6.81. The molecule has 1 rings (SSSR count). The highest BCUT2D eigenvalue weighted by molar-refractivity contribution is 8.00. The molecule has 0 radical (unpaired) electrons. The van der Waals surface area contributed by atoms with Crippen LogP contribution in [0.25, 0.3) is 0 Å². The molecule has 6 heteroatoms. The Balaban J connectivity index is 2.66. The molecule has 0 aromatic heterocycles. The van der Waals surface area contributed by atoms with E-state index < -0.39 is 9.84 Å². The van der Waals surface area contributed by atoms with Gasteiger partial charge in [0.05, 0.1) is 0 Å². The van der Waals surface area contributed by atoms with Crippen LogP contribution in [-0.4, -0.2) is 62.1 Å². The van der Waals surface area contributed by atoms with Gasteiger partial charge in [0.25, 0.3) is 0 Å². The molecular weight excluding hydrogens is 244 g/mol. The second kappa shape index (κ2) is 6.23. The quantitative estimate of drug-likeness (QED) is 0.781. The molecule has 1 heterocycles. The Bertz CT molecular complexity index is 306. The number of sulfone groups is 1. The molecule has 16 heavy (non-hydrogen) atoms. The van der Waals surface area contributed by atoms with Gasteiger partial charge in [0, 0.05) is 36.9 Å². The Morgan fingerprint density at radius 1 is 1.56 bits per heavy atom. The molecule has 1 aliphatic rings. The van der Waals surface area contributed by atoms with E-state index in [1.54, 1.807) is 11.8 Å². The molecule has 0 spiro atoms. The van der Waals surface area contributed by atoms with Gasteiger partial charge in [0.15, 0.2) is 9.84 Å². The van der Waals surface area contributed by atoms with E-state index in [0.717, 1.165) is 25.4 Å². The van der Waals surface area contributed by atoms with E-state index in [4.69, 9.17) is 0 Å². The van der Waals surface area contributed by atoms with Crippen molar-refractivity contribution in [3.05, 3.63) is 0 Å². The van der Waals surface area contributed by atoms with Crippen molar-refractivity contribution in [2.45, 2.75) is 25.3 Å². The van der Waals surface area contributed by atoms with Gasteiger partial charge in [-0.3, -0.25) is 4.90 Å². The standard InChI is InChI=1S/C10H22N2O2S2/c1-4-11-7-9(2)12-5-6-15-8-10(12)16(3,13)14/h9-11H,4-8H2,1-3H3. The van der Waals surface area contributed by atoms with E-state index in [-0.39, 0.29) is 11.4 Å². The lowest BCUT2D eigenvalue weighted by Gasteiger charge is -2.38. The predicted molar refractivity (Wildman–Crippen MR) is 70.7 cm³/mol. The van der Waals surface area contributed by atoms with E-state index in [0.29, 0.717) is 5.75 Å². The minimum Gasteiger partial charge on any atom is -0.315 e. The van der Waals surface area contributed by atoms with Gasteiger partial charge in [0.2, 0.25) is 0 Å². The summed E-state index contributed by atoms with van der Waals surface area (Å²) >= 11 is 1.73. The molecule has 1 saturated heterocycles. The number of rotatable bonds is 5. The Morgan fingerprint density at radius 3 is 2.81 bits per heavy atom. The molecule has 0 aliphatic carbocycles. The van der Waals surface area contributed by atoms with Gasteiger partial charge < -0.3 is 5.32 Å². The largest absolute Gasteiger partial charge is 0.315 e. The molecule has 2 atom stereocenters. The molecule has 1 aliphatic heterocycles. The maximum Gasteiger partial charge on any atom is 0.164 e. The number of hydrogen-bond acceptors (Lipinski definition) is 5. The highest BCUT2D eigenvalue weighted by Crippen LogP contribution is 2.22. The van der Waals surface area contributed by atoms with Gasteiger partial charge >= 0.3 is 0 Å². The number of likely N-dealkylation sites (N-methyl/N-ethyl adjacent to an activating group) is 1. The Morgan fingerprint density at radius 2 is 2.25 bits per heavy atom. The average Bonchev–Trinajstić information content (AvgIpc) is 2.24. The van der Waals surface area contributed by atoms with Crippen LogP contribution in [-0.2, 0) is 9.84 Å². The first-order valence-electron chi connectivity index (χ1n) is 5.70. The van der Waals surface area contributed by atoms with Crippen molar-refractivity contribution >= 4 is 21.6 Å². The summed E-state index contributed by atoms with van der Waals surface area (Å²) in [5.41, 5.74) is 0. The minimum absolute atomic E-state index is 0.278. The van der Waals surface area contributed by atoms with Crippen molar-refractivity contribution in [3.63, 3.8) is 0 Å². The van der Waals surface area contributed by atoms with Crippen LogP contribution in [0.1, 0.15) is 13.8 Å². The van der Waals surface area contributed by atoms with Crippen LogP contribution in [0, 0.1) is 0 Å². The highest BCUT2D eigenvalue weighted by Gasteiger charge is 2.33. The summed E-state index contributed by atoms with van der Waals surface area (Å²) < 4.78 is 23.4. The lowest BCUT2D eigenvalue weighted by atomic mass is 10.2. The third-order valence-electron chi connectivity index (χ3n) is 2.87. The first kappa shape index (κ1) is 14.3. The van der Waals surface area contributed by atoms with Crippen LogP contribution in [0.5, 0.6) is 0 Å². The second-order valence-corrected chi connectivity index (χ2v) is 7.61. The maximum absolute atomic E-state index is 11.7. The fourth-order valence-electron chi connectivity index (χ4n) is 1.94. The third kappa shape index (κ3) is 3.91. The van der Waals surface area contributed by atoms with Crippen LogP contribution in [0.3, 0.4) is 0 Å². The van der Waals surface area contributed by atoms with E-state index >= 15 is 0 Å². The van der Waals surface area contributed by atoms with Crippen molar-refractivity contribution in [3.8, 4) is 0 Å². The average molecular weight is 266 g/mol. The van der Waals surface area contributed by atoms with Crippen LogP contribution < -0.4 is 5.32 Å². The zero-order valence-electron chi connectivity index (χ0n) is 10.3. The van der Waals surface area contributed by atoms with Gasteiger partial charge in [-0.05, 0) is 13.5 Å². The van der Waals surface area contributed by atoms with Crippen LogP contribution >= 0.6 is 11.8 Å². The molecule has 0 saturated carbocycles. The monoisotopic (exact) mass is 266 g/mol. The lowest BCUT2D eigenvalue weighted by Crippen LogP contribution is -2.53. The van der Waals surface area contributed by atoms with Gasteiger partial charge in [0.1, 0.15) is 5.37 Å². The molecule has 4 nitrogen and oxygen atoms in total.